The number of nitrogens with zero attached hydrogens (tertiary/aromatic N) is 4. The van der Waals surface area contributed by atoms with Crippen molar-refractivity contribution in [2.45, 2.75) is 55.1 Å². The van der Waals surface area contributed by atoms with E-state index >= 15 is 0 Å². The van der Waals surface area contributed by atoms with Crippen LogP contribution in [-0.2, 0) is 4.79 Å². The van der Waals surface area contributed by atoms with Crippen LogP contribution in [0.3, 0.4) is 0 Å². The van der Waals surface area contributed by atoms with Gasteiger partial charge in [-0.15, -0.1) is 10.2 Å². The second-order valence-corrected chi connectivity index (χ2v) is 7.97. The topological polar surface area (TPSA) is 83.6 Å². The van der Waals surface area contributed by atoms with Crippen LogP contribution in [0.4, 0.5) is 0 Å². The lowest BCUT2D eigenvalue weighted by Crippen LogP contribution is -2.45. The molecule has 0 aliphatic heterocycles. The maximum atomic E-state index is 12.4. The highest BCUT2D eigenvalue weighted by Crippen LogP contribution is 2.41. The van der Waals surface area contributed by atoms with Crippen LogP contribution in [-0.4, -0.2) is 32.0 Å². The van der Waals surface area contributed by atoms with Crippen molar-refractivity contribution in [3.63, 3.8) is 0 Å². The summed E-state index contributed by atoms with van der Waals surface area (Å²) >= 11 is 1.38. The van der Waals surface area contributed by atoms with E-state index in [-0.39, 0.29) is 11.7 Å². The van der Waals surface area contributed by atoms with Crippen LogP contribution in [0.15, 0.2) is 35.5 Å². The molecule has 0 spiro atoms. The minimum Gasteiger partial charge on any atom is -0.337 e. The summed E-state index contributed by atoms with van der Waals surface area (Å²) in [5, 5.41) is 21.8. The molecule has 0 unspecified atom stereocenters. The molecule has 2 aliphatic carbocycles. The molecule has 6 nitrogen and oxygen atoms in total. The van der Waals surface area contributed by atoms with E-state index in [9.17, 15) is 10.1 Å². The molecule has 1 N–H and O–H groups in total. The number of thioether (sulfide) groups is 1. The third-order valence-corrected chi connectivity index (χ3v) is 5.93. The van der Waals surface area contributed by atoms with Crippen molar-refractivity contribution in [2.24, 2.45) is 0 Å². The number of nitrogens with one attached hydrogen (secondary N) is 1. The summed E-state index contributed by atoms with van der Waals surface area (Å²) in [6, 6.07) is 12.3. The summed E-state index contributed by atoms with van der Waals surface area (Å²) in [4.78, 5) is 12.4. The van der Waals surface area contributed by atoms with Crippen LogP contribution in [0.5, 0.6) is 0 Å². The van der Waals surface area contributed by atoms with Gasteiger partial charge in [-0.2, -0.15) is 5.26 Å². The van der Waals surface area contributed by atoms with E-state index in [4.69, 9.17) is 0 Å². The van der Waals surface area contributed by atoms with Gasteiger partial charge in [0.25, 0.3) is 0 Å². The number of hydrogen-bond acceptors (Lipinski definition) is 5. The van der Waals surface area contributed by atoms with Crippen molar-refractivity contribution in [2.75, 3.05) is 5.75 Å². The van der Waals surface area contributed by atoms with E-state index in [0.717, 1.165) is 55.2 Å². The Morgan fingerprint density at radius 2 is 2.00 bits per heavy atom. The Morgan fingerprint density at radius 3 is 2.65 bits per heavy atom. The number of para-hydroxylation sites is 1. The lowest BCUT2D eigenvalue weighted by Gasteiger charge is -2.21. The highest BCUT2D eigenvalue weighted by Gasteiger charge is 2.35. The van der Waals surface area contributed by atoms with Crippen molar-refractivity contribution in [1.82, 2.24) is 20.1 Å². The van der Waals surface area contributed by atoms with E-state index in [1.165, 1.54) is 11.8 Å². The monoisotopic (exact) mass is 367 g/mol. The van der Waals surface area contributed by atoms with Gasteiger partial charge in [-0.3, -0.25) is 9.36 Å². The molecule has 134 valence electrons. The van der Waals surface area contributed by atoms with E-state index in [1.54, 1.807) is 0 Å². The Morgan fingerprint density at radius 1 is 1.27 bits per heavy atom. The predicted molar refractivity (Wildman–Crippen MR) is 99.0 cm³/mol. The molecule has 1 aromatic heterocycles. The molecular weight excluding hydrogens is 346 g/mol. The van der Waals surface area contributed by atoms with Gasteiger partial charge in [0.2, 0.25) is 5.91 Å². The summed E-state index contributed by atoms with van der Waals surface area (Å²) in [7, 11) is 0. The number of carbonyl (C=O) groups is 1. The third kappa shape index (κ3) is 3.47. The van der Waals surface area contributed by atoms with Crippen LogP contribution >= 0.6 is 11.8 Å². The highest BCUT2D eigenvalue weighted by molar-refractivity contribution is 7.99. The van der Waals surface area contributed by atoms with Crippen LogP contribution < -0.4 is 5.32 Å². The van der Waals surface area contributed by atoms with Gasteiger partial charge < -0.3 is 5.32 Å². The first-order chi connectivity index (χ1) is 12.7. The first-order valence-electron chi connectivity index (χ1n) is 9.07. The maximum Gasteiger partial charge on any atom is 0.231 e. The zero-order valence-corrected chi connectivity index (χ0v) is 15.3. The number of aromatic nitrogens is 3. The molecule has 0 radical (unpaired) electrons. The van der Waals surface area contributed by atoms with Gasteiger partial charge in [-0.25, -0.2) is 0 Å². The second-order valence-electron chi connectivity index (χ2n) is 7.02. The zero-order chi connectivity index (χ0) is 18.0. The molecule has 1 aromatic carbocycles. The number of amides is 1. The van der Waals surface area contributed by atoms with Gasteiger partial charge in [-0.1, -0.05) is 30.0 Å². The van der Waals surface area contributed by atoms with Crippen LogP contribution in [0.25, 0.3) is 5.69 Å². The Hall–Kier alpha value is -2.33. The molecule has 4 rings (SSSR count). The van der Waals surface area contributed by atoms with Gasteiger partial charge in [0.05, 0.1) is 11.8 Å². The molecule has 1 amide bonds. The fourth-order valence-corrected chi connectivity index (χ4v) is 4.24. The SMILES string of the molecule is N#CC1(NC(=O)CSc2nnc(C3CC3)n2-c2ccccc2)CCCC1. The summed E-state index contributed by atoms with van der Waals surface area (Å²) in [5.74, 6) is 1.56. The van der Waals surface area contributed by atoms with E-state index in [0.29, 0.717) is 5.92 Å². The van der Waals surface area contributed by atoms with Crippen LogP contribution in [0, 0.1) is 11.3 Å². The Labute approximate surface area is 157 Å². The molecular formula is C19H21N5OS. The molecule has 2 aromatic rings. The smallest absolute Gasteiger partial charge is 0.231 e. The van der Waals surface area contributed by atoms with Crippen LogP contribution in [0.1, 0.15) is 50.3 Å². The number of hydrogen-bond donors (Lipinski definition) is 1. The van der Waals surface area contributed by atoms with Gasteiger partial charge in [0.1, 0.15) is 11.4 Å². The minimum absolute atomic E-state index is 0.117. The number of nitriles is 1. The summed E-state index contributed by atoms with van der Waals surface area (Å²) < 4.78 is 2.06. The van der Waals surface area contributed by atoms with E-state index in [2.05, 4.69) is 26.2 Å². The quantitative estimate of drug-likeness (QED) is 0.793. The van der Waals surface area contributed by atoms with Crippen molar-refractivity contribution < 1.29 is 4.79 Å². The van der Waals surface area contributed by atoms with E-state index in [1.807, 2.05) is 30.3 Å². The summed E-state index contributed by atoms with van der Waals surface area (Å²) in [6.07, 6.45) is 5.75. The van der Waals surface area contributed by atoms with E-state index < -0.39 is 5.54 Å². The lowest BCUT2D eigenvalue weighted by molar-refractivity contribution is -0.119. The number of benzene rings is 1. The average molecular weight is 367 g/mol. The number of rotatable bonds is 6. The summed E-state index contributed by atoms with van der Waals surface area (Å²) in [5.41, 5.74) is 0.343. The Balaban J connectivity index is 1.48. The summed E-state index contributed by atoms with van der Waals surface area (Å²) in [6.45, 7) is 0. The normalized spacial score (nSPS) is 18.4. The van der Waals surface area contributed by atoms with Crippen molar-refractivity contribution in [1.29, 1.82) is 5.26 Å². The molecule has 0 bridgehead atoms. The first kappa shape index (κ1) is 17.1. The average Bonchev–Trinajstić information content (AvgIpc) is 3.26. The molecule has 7 heteroatoms. The lowest BCUT2D eigenvalue weighted by atomic mass is 10.0. The molecule has 26 heavy (non-hydrogen) atoms. The molecule has 1 heterocycles. The van der Waals surface area contributed by atoms with Crippen molar-refractivity contribution in [3.05, 3.63) is 36.2 Å². The predicted octanol–water partition coefficient (Wildman–Crippen LogP) is 3.19. The maximum absolute atomic E-state index is 12.4. The third-order valence-electron chi connectivity index (χ3n) is 5.00. The fraction of sp³-hybridized carbons (Fsp3) is 0.474. The van der Waals surface area contributed by atoms with Crippen molar-refractivity contribution >= 4 is 17.7 Å². The van der Waals surface area contributed by atoms with Crippen LogP contribution in [0.2, 0.25) is 0 Å². The highest BCUT2D eigenvalue weighted by atomic mass is 32.2. The van der Waals surface area contributed by atoms with Gasteiger partial charge >= 0.3 is 0 Å². The second kappa shape index (κ2) is 7.12. The van der Waals surface area contributed by atoms with Gasteiger partial charge in [0, 0.05) is 11.6 Å². The standard InChI is InChI=1S/C19H21N5OS/c20-13-19(10-4-5-11-19)21-16(25)12-26-18-23-22-17(14-8-9-14)24(18)15-6-2-1-3-7-15/h1-3,6-7,14H,4-5,8-12H2,(H,21,25). The van der Waals surface area contributed by atoms with Gasteiger partial charge in [-0.05, 0) is 50.7 Å². The number of carbonyl (C=O) groups excluding carboxylic acids is 1. The Kier molecular flexibility index (Phi) is 4.68. The zero-order valence-electron chi connectivity index (χ0n) is 14.5. The van der Waals surface area contributed by atoms with Gasteiger partial charge in [0.15, 0.2) is 5.16 Å². The fourth-order valence-electron chi connectivity index (χ4n) is 3.48. The minimum atomic E-state index is -0.677. The molecule has 0 saturated heterocycles. The Bertz CT molecular complexity index is 831. The molecule has 2 saturated carbocycles. The molecule has 2 aliphatic rings. The molecule has 0 atom stereocenters. The first-order valence-corrected chi connectivity index (χ1v) is 10.1. The molecule has 2 fully saturated rings. The largest absolute Gasteiger partial charge is 0.337 e. The van der Waals surface area contributed by atoms with Crippen molar-refractivity contribution in [3.8, 4) is 11.8 Å².